The molecule has 0 radical (unpaired) electrons. The number of benzene rings is 4. The van der Waals surface area contributed by atoms with Crippen molar-refractivity contribution in [3.8, 4) is 11.5 Å². The lowest BCUT2D eigenvalue weighted by Crippen LogP contribution is -2.31. The van der Waals surface area contributed by atoms with Crippen LogP contribution in [-0.4, -0.2) is 48.0 Å². The molecule has 4 aromatic carbocycles. The van der Waals surface area contributed by atoms with Crippen LogP contribution in [0.1, 0.15) is 22.3 Å². The summed E-state index contributed by atoms with van der Waals surface area (Å²) in [7, 11) is 3.00. The van der Waals surface area contributed by atoms with E-state index in [2.05, 4.69) is 10.6 Å². The Morgan fingerprint density at radius 2 is 1.64 bits per heavy atom. The second-order valence-electron chi connectivity index (χ2n) is 10.1. The number of imide groups is 1. The molecule has 1 aliphatic heterocycles. The van der Waals surface area contributed by atoms with Crippen molar-refractivity contribution in [2.24, 2.45) is 0 Å². The lowest BCUT2D eigenvalue weighted by atomic mass is 10.1. The smallest absolute Gasteiger partial charge is 0.272 e. The molecule has 0 aromatic heterocycles. The van der Waals surface area contributed by atoms with E-state index < -0.39 is 33.8 Å². The van der Waals surface area contributed by atoms with E-state index >= 15 is 0 Å². The fraction of sp³-hybridized carbons (Fsp3) is 0.118. The normalized spacial score (nSPS) is 14.5. The first-order valence-electron chi connectivity index (χ1n) is 14.2. The molecule has 1 fully saturated rings. The summed E-state index contributed by atoms with van der Waals surface area (Å²) >= 11 is 1.19. The number of ether oxygens (including phenoxy) is 2. The first-order chi connectivity index (χ1) is 22.7. The van der Waals surface area contributed by atoms with E-state index in [-0.39, 0.29) is 23.5 Å². The molecule has 0 saturated carbocycles. The van der Waals surface area contributed by atoms with Crippen molar-refractivity contribution < 1.29 is 33.6 Å². The maximum Gasteiger partial charge on any atom is 0.272 e. The first kappa shape index (κ1) is 32.4. The van der Waals surface area contributed by atoms with E-state index in [0.29, 0.717) is 33.2 Å². The van der Waals surface area contributed by atoms with Crippen LogP contribution >= 0.6 is 11.8 Å². The molecule has 0 bridgehead atoms. The van der Waals surface area contributed by atoms with Crippen LogP contribution in [0.4, 0.5) is 17.1 Å². The molecule has 12 nitrogen and oxygen atoms in total. The largest absolute Gasteiger partial charge is 0.497 e. The molecule has 2 N–H and O–H groups in total. The van der Waals surface area contributed by atoms with Crippen molar-refractivity contribution in [3.05, 3.63) is 124 Å². The highest BCUT2D eigenvalue weighted by molar-refractivity contribution is 8.00. The summed E-state index contributed by atoms with van der Waals surface area (Å²) in [6.45, 7) is 0. The lowest BCUT2D eigenvalue weighted by molar-refractivity contribution is -0.384. The maximum absolute atomic E-state index is 13.5. The van der Waals surface area contributed by atoms with E-state index in [1.54, 1.807) is 72.8 Å². The van der Waals surface area contributed by atoms with Gasteiger partial charge in [0.1, 0.15) is 17.2 Å². The Labute approximate surface area is 273 Å². The van der Waals surface area contributed by atoms with E-state index in [4.69, 9.17) is 9.47 Å². The van der Waals surface area contributed by atoms with Crippen LogP contribution < -0.4 is 25.0 Å². The number of amides is 4. The summed E-state index contributed by atoms with van der Waals surface area (Å²) in [6, 6.07) is 25.4. The highest BCUT2D eigenvalue weighted by atomic mass is 32.2. The van der Waals surface area contributed by atoms with Crippen molar-refractivity contribution in [1.29, 1.82) is 0 Å². The third kappa shape index (κ3) is 7.65. The van der Waals surface area contributed by atoms with Crippen LogP contribution in [-0.2, 0) is 14.4 Å². The number of carbonyl (C=O) groups excluding carboxylic acids is 4. The monoisotopic (exact) mass is 652 g/mol. The molecule has 0 spiro atoms. The summed E-state index contributed by atoms with van der Waals surface area (Å²) in [5, 5.41) is 15.7. The van der Waals surface area contributed by atoms with Crippen LogP contribution in [0.2, 0.25) is 0 Å². The summed E-state index contributed by atoms with van der Waals surface area (Å²) in [5.74, 6) is -0.927. The molecule has 47 heavy (non-hydrogen) atoms. The Kier molecular flexibility index (Phi) is 9.96. The number of nitro benzene ring substituents is 1. The Morgan fingerprint density at radius 1 is 0.936 bits per heavy atom. The van der Waals surface area contributed by atoms with Crippen molar-refractivity contribution in [2.75, 3.05) is 24.4 Å². The zero-order chi connectivity index (χ0) is 33.5. The number of non-ortho nitro benzene ring substituents is 1. The van der Waals surface area contributed by atoms with Gasteiger partial charge in [0.15, 0.2) is 0 Å². The number of hydrogen-bond donors (Lipinski definition) is 2. The van der Waals surface area contributed by atoms with Gasteiger partial charge < -0.3 is 20.1 Å². The van der Waals surface area contributed by atoms with Gasteiger partial charge in [-0.1, -0.05) is 18.2 Å². The molecule has 13 heteroatoms. The van der Waals surface area contributed by atoms with Gasteiger partial charge in [0, 0.05) is 46.3 Å². The molecule has 4 aromatic rings. The topological polar surface area (TPSA) is 157 Å². The Hall–Kier alpha value is -5.95. The Balaban J connectivity index is 1.30. The quantitative estimate of drug-likeness (QED) is 0.0931. The average Bonchev–Trinajstić information content (AvgIpc) is 3.37. The number of anilines is 2. The minimum Gasteiger partial charge on any atom is -0.497 e. The fourth-order valence-electron chi connectivity index (χ4n) is 4.71. The SMILES string of the molecule is COc1ccc(/C=C(\NC(=O)c2ccccc2)C(=O)Nc2ccc(SC3CC(=O)N(c4ccc([N+](=O)[O-])cc4)C3=O)cc2)c(OC)c1. The minimum absolute atomic E-state index is 0.0386. The average molecular weight is 653 g/mol. The molecule has 5 rings (SSSR count). The van der Waals surface area contributed by atoms with Crippen LogP contribution in [0.3, 0.4) is 0 Å². The second-order valence-corrected chi connectivity index (χ2v) is 11.4. The number of methoxy groups -OCH3 is 2. The highest BCUT2D eigenvalue weighted by Crippen LogP contribution is 2.35. The van der Waals surface area contributed by atoms with Gasteiger partial charge in [0.05, 0.1) is 30.1 Å². The zero-order valence-electron chi connectivity index (χ0n) is 25.2. The minimum atomic E-state index is -0.694. The fourth-order valence-corrected chi connectivity index (χ4v) is 5.76. The summed E-state index contributed by atoms with van der Waals surface area (Å²) < 4.78 is 10.7. The predicted octanol–water partition coefficient (Wildman–Crippen LogP) is 5.45. The number of thioether (sulfide) groups is 1. The van der Waals surface area contributed by atoms with Gasteiger partial charge in [0.2, 0.25) is 11.8 Å². The van der Waals surface area contributed by atoms with Gasteiger partial charge in [-0.25, -0.2) is 4.90 Å². The lowest BCUT2D eigenvalue weighted by Gasteiger charge is -2.15. The number of rotatable bonds is 11. The van der Waals surface area contributed by atoms with Gasteiger partial charge in [-0.3, -0.25) is 29.3 Å². The number of nitro groups is 1. The number of carbonyl (C=O) groups is 4. The van der Waals surface area contributed by atoms with Crippen molar-refractivity contribution in [2.45, 2.75) is 16.6 Å². The summed E-state index contributed by atoms with van der Waals surface area (Å²) in [5.41, 5.74) is 1.39. The van der Waals surface area contributed by atoms with Crippen LogP contribution in [0.5, 0.6) is 11.5 Å². The van der Waals surface area contributed by atoms with Crippen molar-refractivity contribution >= 4 is 58.5 Å². The van der Waals surface area contributed by atoms with Crippen molar-refractivity contribution in [1.82, 2.24) is 5.32 Å². The van der Waals surface area contributed by atoms with E-state index in [1.807, 2.05) is 0 Å². The van der Waals surface area contributed by atoms with Gasteiger partial charge in [-0.05, 0) is 66.7 Å². The highest BCUT2D eigenvalue weighted by Gasteiger charge is 2.40. The predicted molar refractivity (Wildman–Crippen MR) is 176 cm³/mol. The number of hydrogen-bond acceptors (Lipinski definition) is 9. The summed E-state index contributed by atoms with van der Waals surface area (Å²) in [4.78, 5) is 64.4. The van der Waals surface area contributed by atoms with Crippen LogP contribution in [0.15, 0.2) is 108 Å². The molecule has 1 unspecified atom stereocenters. The number of nitrogens with zero attached hydrogens (tertiary/aromatic N) is 2. The maximum atomic E-state index is 13.5. The molecule has 0 aliphatic carbocycles. The molecule has 1 heterocycles. The van der Waals surface area contributed by atoms with E-state index in [1.165, 1.54) is 56.3 Å². The zero-order valence-corrected chi connectivity index (χ0v) is 26.0. The van der Waals surface area contributed by atoms with Crippen LogP contribution in [0, 0.1) is 10.1 Å². The molecule has 1 atom stereocenters. The van der Waals surface area contributed by atoms with Gasteiger partial charge in [-0.2, -0.15) is 0 Å². The molecule has 4 amide bonds. The summed E-state index contributed by atoms with van der Waals surface area (Å²) in [6.07, 6.45) is 1.46. The van der Waals surface area contributed by atoms with Gasteiger partial charge >= 0.3 is 0 Å². The molecular weight excluding hydrogens is 624 g/mol. The second kappa shape index (κ2) is 14.4. The molecule has 238 valence electrons. The van der Waals surface area contributed by atoms with Crippen molar-refractivity contribution in [3.63, 3.8) is 0 Å². The van der Waals surface area contributed by atoms with E-state index in [0.717, 1.165) is 4.90 Å². The van der Waals surface area contributed by atoms with E-state index in [9.17, 15) is 29.3 Å². The standard InChI is InChI=1S/C34H28N4O8S/c1-45-26-15-8-22(29(19-26)46-2)18-28(36-32(40)21-6-4-3-5-7-21)33(41)35-23-9-16-27(17-10-23)47-30-20-31(39)37(34(30)42)24-11-13-25(14-12-24)38(43)44/h3-19,30H,20H2,1-2H3,(H,35,41)(H,36,40)/b28-18-. The van der Waals surface area contributed by atoms with Gasteiger partial charge in [-0.15, -0.1) is 11.8 Å². The Bertz CT molecular complexity index is 1860. The van der Waals surface area contributed by atoms with Gasteiger partial charge in [0.25, 0.3) is 17.5 Å². The first-order valence-corrected chi connectivity index (χ1v) is 15.0. The third-order valence-corrected chi connectivity index (χ3v) is 8.28. The molecular formula is C34H28N4O8S. The molecule has 1 aliphatic rings. The molecule has 1 saturated heterocycles. The third-order valence-electron chi connectivity index (χ3n) is 7.08. The Morgan fingerprint density at radius 3 is 2.28 bits per heavy atom. The number of nitrogens with one attached hydrogen (secondary N) is 2. The van der Waals surface area contributed by atoms with Crippen LogP contribution in [0.25, 0.3) is 6.08 Å².